The quantitative estimate of drug-likeness (QED) is 0.387. The molecule has 0 heterocycles. The van der Waals surface area contributed by atoms with Crippen LogP contribution in [0.4, 0.5) is 0 Å². The van der Waals surface area contributed by atoms with E-state index in [0.717, 1.165) is 52.1 Å². The molecule has 1 unspecified atom stereocenters. The van der Waals surface area contributed by atoms with E-state index >= 15 is 0 Å². The normalized spacial score (nSPS) is 19.2. The van der Waals surface area contributed by atoms with Gasteiger partial charge in [0.2, 0.25) is 0 Å². The molecule has 4 nitrogen and oxygen atoms in total. The zero-order chi connectivity index (χ0) is 13.8. The maximum Gasteiger partial charge on any atom is 0.0250 e. The third kappa shape index (κ3) is 8.37. The summed E-state index contributed by atoms with van der Waals surface area (Å²) >= 11 is 0. The lowest BCUT2D eigenvalue weighted by molar-refractivity contribution is 0.264. The van der Waals surface area contributed by atoms with Gasteiger partial charge in [0.05, 0.1) is 0 Å². The van der Waals surface area contributed by atoms with Crippen molar-refractivity contribution in [2.45, 2.75) is 44.6 Å². The molecule has 1 rings (SSSR count). The molecule has 0 saturated heterocycles. The average Bonchev–Trinajstić information content (AvgIpc) is 2.46. The van der Waals surface area contributed by atoms with E-state index in [1.54, 1.807) is 0 Å². The Labute approximate surface area is 118 Å². The number of hydrogen-bond acceptors (Lipinski definition) is 4. The third-order valence-corrected chi connectivity index (χ3v) is 3.67. The minimum atomic E-state index is 0.607. The van der Waals surface area contributed by atoms with E-state index in [1.165, 1.54) is 25.7 Å². The molecular formula is C15H32N4. The van der Waals surface area contributed by atoms with Crippen LogP contribution in [0.15, 0.2) is 12.2 Å². The molecule has 0 bridgehead atoms. The van der Waals surface area contributed by atoms with Crippen molar-refractivity contribution in [2.24, 2.45) is 11.5 Å². The third-order valence-electron chi connectivity index (χ3n) is 3.67. The van der Waals surface area contributed by atoms with Crippen molar-refractivity contribution >= 4 is 0 Å². The standard InChI is InChI=1S/C15H32N4/c16-9-4-12-19(13-5-10-17)14-6-11-18-15-7-2-1-3-8-15/h2,7,15,18H,1,3-6,8-14,16-17H2. The Hall–Kier alpha value is -0.420. The summed E-state index contributed by atoms with van der Waals surface area (Å²) in [7, 11) is 0. The highest BCUT2D eigenvalue weighted by atomic mass is 15.1. The second-order valence-electron chi connectivity index (χ2n) is 5.40. The summed E-state index contributed by atoms with van der Waals surface area (Å²) in [4.78, 5) is 2.50. The lowest BCUT2D eigenvalue weighted by atomic mass is 10.0. The summed E-state index contributed by atoms with van der Waals surface area (Å²) in [6, 6.07) is 0.607. The molecule has 1 aliphatic rings. The van der Waals surface area contributed by atoms with Crippen LogP contribution in [0.1, 0.15) is 38.5 Å². The Bertz CT molecular complexity index is 222. The number of hydrogen-bond donors (Lipinski definition) is 3. The molecule has 1 aliphatic carbocycles. The molecule has 1 atom stereocenters. The van der Waals surface area contributed by atoms with Crippen LogP contribution in [0, 0.1) is 0 Å². The zero-order valence-electron chi connectivity index (χ0n) is 12.3. The Balaban J connectivity index is 2.08. The van der Waals surface area contributed by atoms with Gasteiger partial charge in [-0.2, -0.15) is 0 Å². The minimum Gasteiger partial charge on any atom is -0.330 e. The fourth-order valence-corrected chi connectivity index (χ4v) is 2.54. The summed E-state index contributed by atoms with van der Waals surface area (Å²) in [6.45, 7) is 6.05. The second-order valence-corrected chi connectivity index (χ2v) is 5.40. The number of nitrogens with two attached hydrogens (primary N) is 2. The number of allylic oxidation sites excluding steroid dienone is 1. The minimum absolute atomic E-state index is 0.607. The van der Waals surface area contributed by atoms with Crippen LogP contribution in [-0.4, -0.2) is 50.2 Å². The van der Waals surface area contributed by atoms with Crippen LogP contribution >= 0.6 is 0 Å². The van der Waals surface area contributed by atoms with Gasteiger partial charge in [-0.25, -0.2) is 0 Å². The molecule has 0 amide bonds. The van der Waals surface area contributed by atoms with Crippen molar-refractivity contribution in [2.75, 3.05) is 39.3 Å². The summed E-state index contributed by atoms with van der Waals surface area (Å²) < 4.78 is 0. The van der Waals surface area contributed by atoms with Crippen LogP contribution in [-0.2, 0) is 0 Å². The second kappa shape index (κ2) is 11.4. The average molecular weight is 268 g/mol. The molecule has 0 saturated carbocycles. The topological polar surface area (TPSA) is 67.3 Å². The van der Waals surface area contributed by atoms with Crippen LogP contribution in [0.3, 0.4) is 0 Å². The highest BCUT2D eigenvalue weighted by molar-refractivity contribution is 4.97. The van der Waals surface area contributed by atoms with E-state index in [-0.39, 0.29) is 0 Å². The maximum absolute atomic E-state index is 5.59. The van der Waals surface area contributed by atoms with Crippen molar-refractivity contribution in [1.29, 1.82) is 0 Å². The highest BCUT2D eigenvalue weighted by Crippen LogP contribution is 2.09. The number of nitrogens with zero attached hydrogens (tertiary/aromatic N) is 1. The zero-order valence-corrected chi connectivity index (χ0v) is 12.3. The Morgan fingerprint density at radius 2 is 1.74 bits per heavy atom. The van der Waals surface area contributed by atoms with Crippen LogP contribution < -0.4 is 16.8 Å². The van der Waals surface area contributed by atoms with Crippen LogP contribution in [0.25, 0.3) is 0 Å². The van der Waals surface area contributed by atoms with Crippen LogP contribution in [0.2, 0.25) is 0 Å². The molecule has 0 aromatic carbocycles. The van der Waals surface area contributed by atoms with Crippen molar-refractivity contribution in [3.8, 4) is 0 Å². The summed E-state index contributed by atoms with van der Waals surface area (Å²) in [5.74, 6) is 0. The van der Waals surface area contributed by atoms with Gasteiger partial charge in [0, 0.05) is 6.04 Å². The molecule has 4 heteroatoms. The molecule has 0 aliphatic heterocycles. The van der Waals surface area contributed by atoms with Gasteiger partial charge in [0.1, 0.15) is 0 Å². The van der Waals surface area contributed by atoms with E-state index < -0.39 is 0 Å². The highest BCUT2D eigenvalue weighted by Gasteiger charge is 2.07. The first kappa shape index (κ1) is 16.6. The van der Waals surface area contributed by atoms with Gasteiger partial charge in [-0.3, -0.25) is 0 Å². The van der Waals surface area contributed by atoms with Gasteiger partial charge in [-0.15, -0.1) is 0 Å². The van der Waals surface area contributed by atoms with Gasteiger partial charge in [0.25, 0.3) is 0 Å². The van der Waals surface area contributed by atoms with Gasteiger partial charge >= 0.3 is 0 Å². The molecule has 19 heavy (non-hydrogen) atoms. The monoisotopic (exact) mass is 268 g/mol. The molecule has 112 valence electrons. The molecule has 0 spiro atoms. The first-order chi connectivity index (χ1) is 9.36. The SMILES string of the molecule is NCCCN(CCCN)CCCNC1C=CCCC1. The lowest BCUT2D eigenvalue weighted by Gasteiger charge is -2.23. The predicted molar refractivity (Wildman–Crippen MR) is 83.2 cm³/mol. The summed E-state index contributed by atoms with van der Waals surface area (Å²) in [6.07, 6.45) is 11.9. The summed E-state index contributed by atoms with van der Waals surface area (Å²) in [5.41, 5.74) is 11.2. The van der Waals surface area contributed by atoms with E-state index in [2.05, 4.69) is 22.4 Å². The lowest BCUT2D eigenvalue weighted by Crippen LogP contribution is -2.34. The predicted octanol–water partition coefficient (Wildman–Crippen LogP) is 1.07. The number of rotatable bonds is 11. The van der Waals surface area contributed by atoms with Gasteiger partial charge < -0.3 is 21.7 Å². The summed E-state index contributed by atoms with van der Waals surface area (Å²) in [5, 5.41) is 3.63. The largest absolute Gasteiger partial charge is 0.330 e. The Kier molecular flexibility index (Phi) is 9.99. The maximum atomic E-state index is 5.59. The fourth-order valence-electron chi connectivity index (χ4n) is 2.54. The molecule has 0 fully saturated rings. The first-order valence-corrected chi connectivity index (χ1v) is 7.89. The Morgan fingerprint density at radius 1 is 1.05 bits per heavy atom. The smallest absolute Gasteiger partial charge is 0.0250 e. The first-order valence-electron chi connectivity index (χ1n) is 7.89. The number of nitrogens with one attached hydrogen (secondary N) is 1. The molecule has 5 N–H and O–H groups in total. The van der Waals surface area contributed by atoms with Crippen LogP contribution in [0.5, 0.6) is 0 Å². The van der Waals surface area contributed by atoms with Crippen molar-refractivity contribution < 1.29 is 0 Å². The van der Waals surface area contributed by atoms with E-state index in [0.29, 0.717) is 6.04 Å². The molecule has 0 aromatic heterocycles. The molecule has 0 aromatic rings. The van der Waals surface area contributed by atoms with Crippen molar-refractivity contribution in [3.63, 3.8) is 0 Å². The van der Waals surface area contributed by atoms with E-state index in [9.17, 15) is 0 Å². The van der Waals surface area contributed by atoms with Gasteiger partial charge in [-0.1, -0.05) is 12.2 Å². The van der Waals surface area contributed by atoms with Gasteiger partial charge in [0.15, 0.2) is 0 Å². The molecule has 0 radical (unpaired) electrons. The molecular weight excluding hydrogens is 236 g/mol. The van der Waals surface area contributed by atoms with E-state index in [4.69, 9.17) is 11.5 Å². The Morgan fingerprint density at radius 3 is 2.32 bits per heavy atom. The van der Waals surface area contributed by atoms with Crippen molar-refractivity contribution in [1.82, 2.24) is 10.2 Å². The van der Waals surface area contributed by atoms with Gasteiger partial charge in [-0.05, 0) is 77.8 Å². The fraction of sp³-hybridized carbons (Fsp3) is 0.867. The van der Waals surface area contributed by atoms with E-state index in [1.807, 2.05) is 0 Å². The van der Waals surface area contributed by atoms with Crippen molar-refractivity contribution in [3.05, 3.63) is 12.2 Å².